The Kier molecular flexibility index (Phi) is 7.76. The summed E-state index contributed by atoms with van der Waals surface area (Å²) in [6.45, 7) is 7.09. The third-order valence-corrected chi connectivity index (χ3v) is 9.51. The van der Waals surface area contributed by atoms with E-state index >= 15 is 4.39 Å². The maximum absolute atomic E-state index is 16.0. The zero-order chi connectivity index (χ0) is 31.3. The quantitative estimate of drug-likeness (QED) is 0.292. The SMILES string of the molecule is C=CC(=O)N1CCN(c2nc(=O)n(-c3c(C4COC4)cccc3S(C)(=O)=O)c3nc(-c4ccccc4Cl)c(F)cc23)[C@@H](C)C1. The predicted molar refractivity (Wildman–Crippen MR) is 166 cm³/mol. The summed E-state index contributed by atoms with van der Waals surface area (Å²) in [6.07, 6.45) is 2.31. The summed E-state index contributed by atoms with van der Waals surface area (Å²) in [5.41, 5.74) is 0.119. The topological polar surface area (TPSA) is 115 Å². The van der Waals surface area contributed by atoms with Gasteiger partial charge in [0.25, 0.3) is 0 Å². The summed E-state index contributed by atoms with van der Waals surface area (Å²) in [5.74, 6) is -0.906. The Morgan fingerprint density at radius 3 is 2.52 bits per heavy atom. The molecule has 2 saturated heterocycles. The molecule has 2 aromatic carbocycles. The maximum Gasteiger partial charge on any atom is 0.355 e. The molecule has 0 unspecified atom stereocenters. The van der Waals surface area contributed by atoms with Gasteiger partial charge < -0.3 is 14.5 Å². The Bertz CT molecular complexity index is 2000. The van der Waals surface area contributed by atoms with Gasteiger partial charge in [0.2, 0.25) is 5.91 Å². The lowest BCUT2D eigenvalue weighted by atomic mass is 9.95. The van der Waals surface area contributed by atoms with Crippen molar-refractivity contribution in [3.63, 3.8) is 0 Å². The normalized spacial score (nSPS) is 17.5. The fraction of sp³-hybridized carbons (Fsp3) is 0.290. The molecule has 10 nitrogen and oxygen atoms in total. The minimum absolute atomic E-state index is 0.0192. The molecule has 2 aromatic heterocycles. The van der Waals surface area contributed by atoms with Crippen LogP contribution < -0.4 is 10.6 Å². The highest BCUT2D eigenvalue weighted by Crippen LogP contribution is 2.37. The molecule has 0 radical (unpaired) electrons. The van der Waals surface area contributed by atoms with Crippen LogP contribution in [0.1, 0.15) is 18.4 Å². The van der Waals surface area contributed by atoms with E-state index in [4.69, 9.17) is 16.3 Å². The van der Waals surface area contributed by atoms with Crippen LogP contribution in [-0.4, -0.2) is 78.9 Å². The van der Waals surface area contributed by atoms with Crippen LogP contribution in [0, 0.1) is 5.82 Å². The molecule has 2 aliphatic rings. The lowest BCUT2D eigenvalue weighted by molar-refractivity contribution is -0.126. The Morgan fingerprint density at radius 2 is 1.89 bits per heavy atom. The van der Waals surface area contributed by atoms with Gasteiger partial charge >= 0.3 is 5.69 Å². The molecule has 44 heavy (non-hydrogen) atoms. The van der Waals surface area contributed by atoms with Crippen molar-refractivity contribution in [2.75, 3.05) is 44.0 Å². The molecule has 228 valence electrons. The molecule has 0 saturated carbocycles. The van der Waals surface area contributed by atoms with Crippen molar-refractivity contribution in [1.29, 1.82) is 0 Å². The second-order valence-electron chi connectivity index (χ2n) is 11.0. The summed E-state index contributed by atoms with van der Waals surface area (Å²) in [7, 11) is -3.85. The Morgan fingerprint density at radius 1 is 1.14 bits per heavy atom. The van der Waals surface area contributed by atoms with Crippen molar-refractivity contribution in [3.05, 3.63) is 88.1 Å². The van der Waals surface area contributed by atoms with Gasteiger partial charge in [-0.1, -0.05) is 48.5 Å². The number of anilines is 1. The number of carbonyl (C=O) groups excluding carboxylic acids is 1. The van der Waals surface area contributed by atoms with Gasteiger partial charge in [0.15, 0.2) is 15.5 Å². The Hall–Kier alpha value is -4.13. The van der Waals surface area contributed by atoms with Crippen LogP contribution in [0.15, 0.2) is 70.9 Å². The number of fused-ring (bicyclic) bond motifs is 1. The van der Waals surface area contributed by atoms with Gasteiger partial charge in [-0.05, 0) is 36.8 Å². The second-order valence-corrected chi connectivity index (χ2v) is 13.3. The molecular weight excluding hydrogens is 609 g/mol. The molecule has 0 aliphatic carbocycles. The number of ether oxygens (including phenoxy) is 1. The van der Waals surface area contributed by atoms with Crippen LogP contribution in [0.4, 0.5) is 10.2 Å². The molecule has 0 spiro atoms. The van der Waals surface area contributed by atoms with E-state index in [1.54, 1.807) is 41.3 Å². The van der Waals surface area contributed by atoms with Crippen molar-refractivity contribution in [1.82, 2.24) is 19.4 Å². The molecule has 1 amide bonds. The predicted octanol–water partition coefficient (Wildman–Crippen LogP) is 3.98. The van der Waals surface area contributed by atoms with Crippen LogP contribution in [-0.2, 0) is 19.4 Å². The number of halogens is 2. The third kappa shape index (κ3) is 5.16. The van der Waals surface area contributed by atoms with Crippen LogP contribution in [0.25, 0.3) is 28.0 Å². The number of piperazine rings is 1. The van der Waals surface area contributed by atoms with Crippen molar-refractivity contribution in [2.45, 2.75) is 23.8 Å². The van der Waals surface area contributed by atoms with E-state index in [1.165, 1.54) is 18.2 Å². The largest absolute Gasteiger partial charge is 0.380 e. The molecule has 4 heterocycles. The van der Waals surface area contributed by atoms with Gasteiger partial charge in [-0.25, -0.2) is 27.2 Å². The van der Waals surface area contributed by atoms with Crippen molar-refractivity contribution in [3.8, 4) is 16.9 Å². The fourth-order valence-corrected chi connectivity index (χ4v) is 6.90. The maximum atomic E-state index is 16.0. The summed E-state index contributed by atoms with van der Waals surface area (Å²) in [6, 6.07) is 12.4. The zero-order valence-electron chi connectivity index (χ0n) is 24.0. The van der Waals surface area contributed by atoms with E-state index < -0.39 is 21.3 Å². The van der Waals surface area contributed by atoms with Crippen LogP contribution >= 0.6 is 11.6 Å². The number of para-hydroxylation sites is 1. The van der Waals surface area contributed by atoms with Gasteiger partial charge in [-0.3, -0.25) is 4.79 Å². The summed E-state index contributed by atoms with van der Waals surface area (Å²) in [4.78, 5) is 38.9. The lowest BCUT2D eigenvalue weighted by Gasteiger charge is -2.40. The smallest absolute Gasteiger partial charge is 0.355 e. The number of carbonyl (C=O) groups is 1. The minimum atomic E-state index is -3.85. The first-order chi connectivity index (χ1) is 21.0. The van der Waals surface area contributed by atoms with Crippen LogP contribution in [0.2, 0.25) is 5.02 Å². The van der Waals surface area contributed by atoms with Gasteiger partial charge in [0.05, 0.1) is 34.2 Å². The molecule has 0 bridgehead atoms. The Balaban J connectivity index is 1.67. The van der Waals surface area contributed by atoms with Gasteiger partial charge in [-0.15, -0.1) is 0 Å². The number of benzene rings is 2. The third-order valence-electron chi connectivity index (χ3n) is 8.05. The summed E-state index contributed by atoms with van der Waals surface area (Å²) in [5, 5.41) is 0.453. The minimum Gasteiger partial charge on any atom is -0.380 e. The number of pyridine rings is 1. The number of hydrogen-bond donors (Lipinski definition) is 0. The highest BCUT2D eigenvalue weighted by atomic mass is 35.5. The summed E-state index contributed by atoms with van der Waals surface area (Å²) >= 11 is 6.44. The van der Waals surface area contributed by atoms with Crippen molar-refractivity contribution < 1.29 is 22.3 Å². The molecule has 6 rings (SSSR count). The van der Waals surface area contributed by atoms with Gasteiger partial charge in [0, 0.05) is 43.4 Å². The van der Waals surface area contributed by atoms with E-state index in [0.29, 0.717) is 44.0 Å². The first-order valence-electron chi connectivity index (χ1n) is 14.0. The van der Waals surface area contributed by atoms with E-state index in [-0.39, 0.29) is 56.0 Å². The standard InChI is InChI=1S/C31H29ClFN5O5S/c1-4-26(39)36-12-13-37(18(2)15-36)29-22-14-24(33)27(21-8-5-6-10-23(21)32)34-30(22)38(31(40)35-29)28-20(19-16-43-17-19)9-7-11-25(28)44(3,41)42/h4-11,14,18-19H,1,12-13,15-17H2,2-3H3/t18-/m0/s1. The first-order valence-corrected chi connectivity index (χ1v) is 16.2. The first kappa shape index (κ1) is 29.9. The molecule has 4 aromatic rings. The average molecular weight is 638 g/mol. The number of aromatic nitrogens is 3. The molecule has 13 heteroatoms. The number of sulfone groups is 1. The van der Waals surface area contributed by atoms with E-state index in [0.717, 1.165) is 10.8 Å². The number of nitrogens with zero attached hydrogens (tertiary/aromatic N) is 5. The molecular formula is C31H29ClFN5O5S. The number of amides is 1. The van der Waals surface area contributed by atoms with E-state index in [9.17, 15) is 18.0 Å². The monoisotopic (exact) mass is 637 g/mol. The number of rotatable bonds is 6. The molecule has 2 aliphatic heterocycles. The Labute approximate surface area is 258 Å². The molecule has 0 N–H and O–H groups in total. The van der Waals surface area contributed by atoms with Crippen molar-refractivity contribution in [2.24, 2.45) is 0 Å². The van der Waals surface area contributed by atoms with Crippen molar-refractivity contribution >= 4 is 44.2 Å². The lowest BCUT2D eigenvalue weighted by Crippen LogP contribution is -2.54. The van der Waals surface area contributed by atoms with Gasteiger partial charge in [-0.2, -0.15) is 4.98 Å². The van der Waals surface area contributed by atoms with E-state index in [1.807, 2.05) is 11.8 Å². The number of hydrogen-bond acceptors (Lipinski definition) is 8. The van der Waals surface area contributed by atoms with E-state index in [2.05, 4.69) is 16.5 Å². The fourth-order valence-electron chi connectivity index (χ4n) is 5.79. The zero-order valence-corrected chi connectivity index (χ0v) is 25.6. The van der Waals surface area contributed by atoms with Crippen LogP contribution in [0.5, 0.6) is 0 Å². The van der Waals surface area contributed by atoms with Crippen LogP contribution in [0.3, 0.4) is 0 Å². The summed E-state index contributed by atoms with van der Waals surface area (Å²) < 4.78 is 48.7. The average Bonchev–Trinajstić information content (AvgIpc) is 2.95. The highest BCUT2D eigenvalue weighted by Gasteiger charge is 2.33. The molecule has 2 fully saturated rings. The molecule has 1 atom stereocenters. The highest BCUT2D eigenvalue weighted by molar-refractivity contribution is 7.90. The second kappa shape index (κ2) is 11.4. The van der Waals surface area contributed by atoms with Gasteiger partial charge in [0.1, 0.15) is 17.3 Å².